The van der Waals surface area contributed by atoms with Gasteiger partial charge in [0, 0.05) is 0 Å². The first kappa shape index (κ1) is 12.8. The monoisotopic (exact) mass is 353 g/mol. The van der Waals surface area contributed by atoms with Crippen molar-refractivity contribution in [1.82, 2.24) is 0 Å². The molecule has 0 saturated carbocycles. The van der Waals surface area contributed by atoms with Crippen molar-refractivity contribution < 1.29 is 4.92 Å². The Bertz CT molecular complexity index is 380. The average Bonchev–Trinajstić information content (AvgIpc) is 2.26. The Labute approximate surface area is 107 Å². The fourth-order valence-corrected chi connectivity index (χ4v) is 4.26. The second-order valence-corrected chi connectivity index (χ2v) is 6.71. The number of rotatable bonds is 4. The molecule has 3 nitrogen and oxygen atoms in total. The Morgan fingerprint density at radius 1 is 1.53 bits per heavy atom. The summed E-state index contributed by atoms with van der Waals surface area (Å²) in [7, 11) is 0. The first-order chi connectivity index (χ1) is 7.17. The van der Waals surface area contributed by atoms with Gasteiger partial charge in [0.15, 0.2) is 0 Å². The van der Waals surface area contributed by atoms with E-state index in [9.17, 15) is 10.1 Å². The molecule has 1 rings (SSSR count). The summed E-state index contributed by atoms with van der Waals surface area (Å²) < 4.78 is 2.38. The number of nitro benzene ring substituents is 1. The van der Waals surface area contributed by atoms with Crippen molar-refractivity contribution >= 4 is 52.8 Å². The fourth-order valence-electron chi connectivity index (χ4n) is 0.861. The third-order valence-electron chi connectivity index (χ3n) is 1.56. The van der Waals surface area contributed by atoms with Crippen molar-refractivity contribution in [3.05, 3.63) is 43.2 Å². The van der Waals surface area contributed by atoms with Gasteiger partial charge in [0.25, 0.3) is 0 Å². The number of hydrogen-bond acceptors (Lipinski definition) is 3. The Kier molecular flexibility index (Phi) is 5.39. The molecule has 0 spiro atoms. The summed E-state index contributed by atoms with van der Waals surface area (Å²) in [6, 6.07) is 6.71. The van der Waals surface area contributed by atoms with Crippen LogP contribution in [0.15, 0.2) is 33.1 Å². The Morgan fingerprint density at radius 3 is 2.53 bits per heavy atom. The van der Waals surface area contributed by atoms with Crippen molar-refractivity contribution in [2.24, 2.45) is 0 Å². The van der Waals surface area contributed by atoms with Crippen molar-refractivity contribution in [2.45, 2.75) is 0 Å². The summed E-state index contributed by atoms with van der Waals surface area (Å²) in [6.07, 6.45) is 2.01. The average molecular weight is 353 g/mol. The van der Waals surface area contributed by atoms with Gasteiger partial charge in [-0.25, -0.2) is 0 Å². The minimum atomic E-state index is -0.382. The van der Waals surface area contributed by atoms with E-state index >= 15 is 0 Å². The van der Waals surface area contributed by atoms with E-state index in [-0.39, 0.29) is 25.6 Å². The third kappa shape index (κ3) is 3.99. The number of hydrogen-bond donors (Lipinski definition) is 0. The zero-order valence-corrected chi connectivity index (χ0v) is 12.0. The van der Waals surface area contributed by atoms with Crippen molar-refractivity contribution in [3.63, 3.8) is 0 Å². The van der Waals surface area contributed by atoms with E-state index in [0.717, 1.165) is 4.46 Å². The first-order valence-corrected chi connectivity index (χ1v) is 7.79. The molecule has 0 radical (unpaired) electrons. The van der Waals surface area contributed by atoms with Crippen LogP contribution < -0.4 is 4.46 Å². The molecule has 15 heavy (non-hydrogen) atoms. The molecule has 0 saturated heterocycles. The van der Waals surface area contributed by atoms with Gasteiger partial charge in [0.2, 0.25) is 0 Å². The van der Waals surface area contributed by atoms with E-state index in [0.29, 0.717) is 0 Å². The van der Waals surface area contributed by atoms with E-state index in [1.807, 2.05) is 23.4 Å². The molecular formula is C9H8BrNO2SSe. The maximum atomic E-state index is 10.4. The summed E-state index contributed by atoms with van der Waals surface area (Å²) >= 11 is 5.20. The van der Waals surface area contributed by atoms with Crippen LogP contribution in [0, 0.1) is 10.1 Å². The number of nitrogens with zero attached hydrogens (tertiary/aromatic N) is 1. The normalized spacial score (nSPS) is 11.5. The molecular weight excluding hydrogens is 345 g/mol. The molecule has 0 aliphatic carbocycles. The van der Waals surface area contributed by atoms with E-state index in [1.165, 1.54) is 3.80 Å². The minimum absolute atomic E-state index is 0.142. The van der Waals surface area contributed by atoms with Gasteiger partial charge in [0.05, 0.1) is 0 Å². The predicted octanol–water partition coefficient (Wildman–Crippen LogP) is 2.48. The third-order valence-corrected chi connectivity index (χ3v) is 6.74. The van der Waals surface area contributed by atoms with Crippen LogP contribution >= 0.6 is 27.7 Å². The predicted molar refractivity (Wildman–Crippen MR) is 69.0 cm³/mol. The van der Waals surface area contributed by atoms with E-state index < -0.39 is 0 Å². The number of non-ortho nitro benzene ring substituents is 1. The second kappa shape index (κ2) is 6.33. The summed E-state index contributed by atoms with van der Waals surface area (Å²) in [6.45, 7) is 0. The quantitative estimate of drug-likeness (QED) is 0.475. The number of benzene rings is 1. The molecule has 0 N–H and O–H groups in total. The Balaban J connectivity index is 2.76. The van der Waals surface area contributed by atoms with Crippen molar-refractivity contribution in [2.75, 3.05) is 6.26 Å². The molecule has 80 valence electrons. The zero-order chi connectivity index (χ0) is 11.3. The molecule has 0 bridgehead atoms. The SMILES string of the molecule is CS/C(=C\Br)[Se]c1ccc([N+](=O)[O-])cc1. The van der Waals surface area contributed by atoms with Crippen molar-refractivity contribution in [3.8, 4) is 0 Å². The first-order valence-electron chi connectivity index (χ1n) is 3.94. The molecule has 0 heterocycles. The van der Waals surface area contributed by atoms with Gasteiger partial charge < -0.3 is 0 Å². The van der Waals surface area contributed by atoms with Gasteiger partial charge >= 0.3 is 107 Å². The Hall–Kier alpha value is -0.291. The fraction of sp³-hybridized carbons (Fsp3) is 0.111. The van der Waals surface area contributed by atoms with Gasteiger partial charge in [-0.3, -0.25) is 0 Å². The van der Waals surface area contributed by atoms with Crippen LogP contribution in [0.3, 0.4) is 0 Å². The van der Waals surface area contributed by atoms with Crippen LogP contribution in [0.4, 0.5) is 5.69 Å². The van der Waals surface area contributed by atoms with Crippen molar-refractivity contribution in [1.29, 1.82) is 0 Å². The topological polar surface area (TPSA) is 43.1 Å². The number of nitro groups is 1. The molecule has 0 unspecified atom stereocenters. The molecule has 6 heteroatoms. The van der Waals surface area contributed by atoms with Crippen LogP contribution in [0.1, 0.15) is 0 Å². The van der Waals surface area contributed by atoms with Crippen LogP contribution in [0.5, 0.6) is 0 Å². The maximum absolute atomic E-state index is 10.4. The van der Waals surface area contributed by atoms with Gasteiger partial charge in [-0.2, -0.15) is 0 Å². The zero-order valence-electron chi connectivity index (χ0n) is 7.84. The van der Waals surface area contributed by atoms with E-state index in [1.54, 1.807) is 23.9 Å². The summed E-state index contributed by atoms with van der Waals surface area (Å²) in [5.41, 5.74) is 0.142. The molecule has 0 amide bonds. The van der Waals surface area contributed by atoms with Gasteiger partial charge in [-0.05, 0) is 0 Å². The molecule has 0 atom stereocenters. The molecule has 0 aromatic heterocycles. The van der Waals surface area contributed by atoms with E-state index in [2.05, 4.69) is 15.9 Å². The molecule has 1 aromatic rings. The van der Waals surface area contributed by atoms with Crippen LogP contribution in [0.2, 0.25) is 0 Å². The van der Waals surface area contributed by atoms with Crippen LogP contribution in [0.25, 0.3) is 0 Å². The number of thioether (sulfide) groups is 1. The molecule has 0 fully saturated rings. The molecule has 0 aliphatic heterocycles. The molecule has 0 aliphatic rings. The van der Waals surface area contributed by atoms with Gasteiger partial charge in [0.1, 0.15) is 0 Å². The number of halogens is 1. The van der Waals surface area contributed by atoms with Gasteiger partial charge in [-0.15, -0.1) is 0 Å². The van der Waals surface area contributed by atoms with Gasteiger partial charge in [-0.1, -0.05) is 0 Å². The summed E-state index contributed by atoms with van der Waals surface area (Å²) in [5.74, 6) is 0. The summed E-state index contributed by atoms with van der Waals surface area (Å²) in [5, 5.41) is 10.4. The second-order valence-electron chi connectivity index (χ2n) is 2.49. The van der Waals surface area contributed by atoms with Crippen LogP contribution in [-0.4, -0.2) is 26.1 Å². The standard InChI is InChI=1S/C9H8BrNO2SSe/c1-14-9(6-10)15-8-4-2-7(3-5-8)11(12)13/h2-6H,1H3/b9-6+. The Morgan fingerprint density at radius 2 is 2.13 bits per heavy atom. The summed E-state index contributed by atoms with van der Waals surface area (Å²) in [4.78, 5) is 12.0. The van der Waals surface area contributed by atoms with Crippen LogP contribution in [-0.2, 0) is 0 Å². The van der Waals surface area contributed by atoms with E-state index in [4.69, 9.17) is 0 Å². The molecule has 1 aromatic carbocycles.